The van der Waals surface area contributed by atoms with Crippen molar-refractivity contribution in [3.8, 4) is 0 Å². The van der Waals surface area contributed by atoms with Gasteiger partial charge in [0.25, 0.3) is 5.91 Å². The third kappa shape index (κ3) is 3.33. The zero-order chi connectivity index (χ0) is 14.0. The molecule has 1 amide bonds. The second-order valence-corrected chi connectivity index (χ2v) is 6.92. The first-order valence-electron chi connectivity index (χ1n) is 6.21. The number of amides is 1. The lowest BCUT2D eigenvalue weighted by atomic mass is 10.1. The van der Waals surface area contributed by atoms with Crippen molar-refractivity contribution in [3.63, 3.8) is 0 Å². The molecule has 0 aromatic heterocycles. The SMILES string of the molecule is CC1CN(C(=O)c2ccc(S(C)(=O)=O)cc2)CCN1. The first kappa shape index (κ1) is 14.0. The average molecular weight is 282 g/mol. The van der Waals surface area contributed by atoms with Crippen LogP contribution in [-0.4, -0.2) is 51.2 Å². The molecule has 2 rings (SSSR count). The van der Waals surface area contributed by atoms with E-state index in [4.69, 9.17) is 0 Å². The highest BCUT2D eigenvalue weighted by molar-refractivity contribution is 7.90. The number of hydrogen-bond donors (Lipinski definition) is 1. The Hall–Kier alpha value is -1.40. The molecule has 1 atom stereocenters. The first-order valence-corrected chi connectivity index (χ1v) is 8.10. The van der Waals surface area contributed by atoms with Gasteiger partial charge in [0.05, 0.1) is 4.90 Å². The zero-order valence-electron chi connectivity index (χ0n) is 11.1. The molecule has 0 saturated carbocycles. The highest BCUT2D eigenvalue weighted by Gasteiger charge is 2.21. The van der Waals surface area contributed by atoms with Crippen LogP contribution in [0.2, 0.25) is 0 Å². The minimum atomic E-state index is -3.21. The molecule has 0 spiro atoms. The summed E-state index contributed by atoms with van der Waals surface area (Å²) in [4.78, 5) is 14.3. The molecule has 1 unspecified atom stereocenters. The molecule has 0 bridgehead atoms. The number of carbonyl (C=O) groups excluding carboxylic acids is 1. The molecule has 1 aliphatic heterocycles. The van der Waals surface area contributed by atoms with Crippen LogP contribution >= 0.6 is 0 Å². The van der Waals surface area contributed by atoms with Crippen molar-refractivity contribution in [2.45, 2.75) is 17.9 Å². The second-order valence-electron chi connectivity index (χ2n) is 4.90. The van der Waals surface area contributed by atoms with E-state index in [0.717, 1.165) is 12.8 Å². The van der Waals surface area contributed by atoms with Gasteiger partial charge in [0.15, 0.2) is 9.84 Å². The fraction of sp³-hybridized carbons (Fsp3) is 0.462. The van der Waals surface area contributed by atoms with E-state index in [1.165, 1.54) is 12.1 Å². The van der Waals surface area contributed by atoms with Gasteiger partial charge in [0.1, 0.15) is 0 Å². The van der Waals surface area contributed by atoms with E-state index < -0.39 is 9.84 Å². The maximum absolute atomic E-state index is 12.3. The molecule has 1 aliphatic rings. The predicted octanol–water partition coefficient (Wildman–Crippen LogP) is 0.524. The Kier molecular flexibility index (Phi) is 3.91. The first-order chi connectivity index (χ1) is 8.88. The summed E-state index contributed by atoms with van der Waals surface area (Å²) in [7, 11) is -3.21. The Bertz CT molecular complexity index is 566. The van der Waals surface area contributed by atoms with Gasteiger partial charge in [0.2, 0.25) is 0 Å². The van der Waals surface area contributed by atoms with Crippen LogP contribution in [0, 0.1) is 0 Å². The molecule has 1 saturated heterocycles. The Morgan fingerprint density at radius 1 is 1.32 bits per heavy atom. The van der Waals surface area contributed by atoms with Crippen LogP contribution in [-0.2, 0) is 9.84 Å². The Morgan fingerprint density at radius 3 is 2.47 bits per heavy atom. The average Bonchev–Trinajstić information content (AvgIpc) is 2.37. The Balaban J connectivity index is 2.16. The molecule has 1 N–H and O–H groups in total. The third-order valence-corrected chi connectivity index (χ3v) is 4.31. The maximum Gasteiger partial charge on any atom is 0.253 e. The fourth-order valence-corrected chi connectivity index (χ4v) is 2.77. The van der Waals surface area contributed by atoms with Gasteiger partial charge in [-0.1, -0.05) is 0 Å². The van der Waals surface area contributed by atoms with Crippen LogP contribution in [0.15, 0.2) is 29.2 Å². The number of rotatable bonds is 2. The lowest BCUT2D eigenvalue weighted by Gasteiger charge is -2.32. The van der Waals surface area contributed by atoms with Gasteiger partial charge in [-0.25, -0.2) is 8.42 Å². The molecule has 0 aliphatic carbocycles. The van der Waals surface area contributed by atoms with E-state index in [0.29, 0.717) is 18.7 Å². The van der Waals surface area contributed by atoms with Crippen LogP contribution in [0.1, 0.15) is 17.3 Å². The van der Waals surface area contributed by atoms with E-state index >= 15 is 0 Å². The van der Waals surface area contributed by atoms with Gasteiger partial charge in [-0.15, -0.1) is 0 Å². The quantitative estimate of drug-likeness (QED) is 0.859. The lowest BCUT2D eigenvalue weighted by Crippen LogP contribution is -2.51. The highest BCUT2D eigenvalue weighted by atomic mass is 32.2. The molecule has 19 heavy (non-hydrogen) atoms. The highest BCUT2D eigenvalue weighted by Crippen LogP contribution is 2.13. The van der Waals surface area contributed by atoms with Crippen LogP contribution in [0.3, 0.4) is 0 Å². The van der Waals surface area contributed by atoms with E-state index in [-0.39, 0.29) is 16.8 Å². The number of piperazine rings is 1. The number of hydrogen-bond acceptors (Lipinski definition) is 4. The molecule has 5 nitrogen and oxygen atoms in total. The van der Waals surface area contributed by atoms with Crippen LogP contribution in [0.5, 0.6) is 0 Å². The van der Waals surface area contributed by atoms with Crippen molar-refractivity contribution in [2.75, 3.05) is 25.9 Å². The number of nitrogens with zero attached hydrogens (tertiary/aromatic N) is 1. The van der Waals surface area contributed by atoms with Crippen molar-refractivity contribution < 1.29 is 13.2 Å². The molecule has 1 fully saturated rings. The van der Waals surface area contributed by atoms with Gasteiger partial charge in [0, 0.05) is 37.5 Å². The van der Waals surface area contributed by atoms with E-state index in [2.05, 4.69) is 5.32 Å². The normalized spacial score (nSPS) is 20.3. The molecule has 1 heterocycles. The summed E-state index contributed by atoms with van der Waals surface area (Å²) < 4.78 is 22.7. The third-order valence-electron chi connectivity index (χ3n) is 3.19. The van der Waals surface area contributed by atoms with Crippen molar-refractivity contribution in [1.29, 1.82) is 0 Å². The second kappa shape index (κ2) is 5.30. The lowest BCUT2D eigenvalue weighted by molar-refractivity contribution is 0.0709. The van der Waals surface area contributed by atoms with Crippen molar-refractivity contribution in [1.82, 2.24) is 10.2 Å². The molecular weight excluding hydrogens is 264 g/mol. The van der Waals surface area contributed by atoms with E-state index in [1.54, 1.807) is 17.0 Å². The molecule has 6 heteroatoms. The molecular formula is C13H18N2O3S. The van der Waals surface area contributed by atoms with Gasteiger partial charge < -0.3 is 10.2 Å². The summed E-state index contributed by atoms with van der Waals surface area (Å²) in [5.74, 6) is -0.0478. The predicted molar refractivity (Wildman–Crippen MR) is 72.9 cm³/mol. The van der Waals surface area contributed by atoms with Crippen molar-refractivity contribution in [2.24, 2.45) is 0 Å². The summed E-state index contributed by atoms with van der Waals surface area (Å²) in [5, 5.41) is 3.27. The summed E-state index contributed by atoms with van der Waals surface area (Å²) in [6.45, 7) is 4.17. The van der Waals surface area contributed by atoms with Gasteiger partial charge in [-0.3, -0.25) is 4.79 Å². The van der Waals surface area contributed by atoms with Crippen LogP contribution in [0.25, 0.3) is 0 Å². The monoisotopic (exact) mass is 282 g/mol. The molecule has 104 valence electrons. The van der Waals surface area contributed by atoms with E-state index in [9.17, 15) is 13.2 Å². The van der Waals surface area contributed by atoms with Gasteiger partial charge >= 0.3 is 0 Å². The summed E-state index contributed by atoms with van der Waals surface area (Å²) in [6, 6.07) is 6.40. The smallest absolute Gasteiger partial charge is 0.253 e. The largest absolute Gasteiger partial charge is 0.336 e. The number of carbonyl (C=O) groups is 1. The van der Waals surface area contributed by atoms with Crippen molar-refractivity contribution in [3.05, 3.63) is 29.8 Å². The Morgan fingerprint density at radius 2 is 1.95 bits per heavy atom. The molecule has 1 aromatic carbocycles. The van der Waals surface area contributed by atoms with E-state index in [1.807, 2.05) is 6.92 Å². The van der Waals surface area contributed by atoms with Gasteiger partial charge in [-0.2, -0.15) is 0 Å². The summed E-state index contributed by atoms with van der Waals surface area (Å²) in [6.07, 6.45) is 1.15. The topological polar surface area (TPSA) is 66.5 Å². The van der Waals surface area contributed by atoms with Gasteiger partial charge in [-0.05, 0) is 31.2 Å². The zero-order valence-corrected chi connectivity index (χ0v) is 11.9. The number of sulfone groups is 1. The Labute approximate surface area is 113 Å². The fourth-order valence-electron chi connectivity index (χ4n) is 2.14. The summed E-state index contributed by atoms with van der Waals surface area (Å²) >= 11 is 0. The minimum Gasteiger partial charge on any atom is -0.336 e. The maximum atomic E-state index is 12.3. The van der Waals surface area contributed by atoms with Crippen molar-refractivity contribution >= 4 is 15.7 Å². The standard InChI is InChI=1S/C13H18N2O3S/c1-10-9-15(8-7-14-10)13(16)11-3-5-12(6-4-11)19(2,17)18/h3-6,10,14H,7-9H2,1-2H3. The number of nitrogens with one attached hydrogen (secondary N) is 1. The summed E-state index contributed by atoms with van der Waals surface area (Å²) in [5.41, 5.74) is 0.529. The minimum absolute atomic E-state index is 0.0478. The van der Waals surface area contributed by atoms with Crippen LogP contribution < -0.4 is 5.32 Å². The molecule has 1 aromatic rings. The molecule has 0 radical (unpaired) electrons. The van der Waals surface area contributed by atoms with Crippen LogP contribution in [0.4, 0.5) is 0 Å². The number of benzene rings is 1.